The fourth-order valence-electron chi connectivity index (χ4n) is 13.0. The van der Waals surface area contributed by atoms with Gasteiger partial charge in [0.1, 0.15) is 19.3 Å². The predicted octanol–water partition coefficient (Wildman–Crippen LogP) is 25.5. The van der Waals surface area contributed by atoms with Gasteiger partial charge in [-0.15, -0.1) is 0 Å². The van der Waals surface area contributed by atoms with Crippen LogP contribution in [0.1, 0.15) is 446 Å². The molecule has 0 bridgehead atoms. The number of aliphatic hydroxyl groups is 1. The van der Waals surface area contributed by atoms with Crippen LogP contribution in [0.5, 0.6) is 0 Å². The van der Waals surface area contributed by atoms with Crippen molar-refractivity contribution in [1.29, 1.82) is 0 Å². The minimum atomic E-state index is -4.96. The van der Waals surface area contributed by atoms with Gasteiger partial charge in [0.15, 0.2) is 12.2 Å². The van der Waals surface area contributed by atoms with E-state index in [1.54, 1.807) is 0 Å². The Hall–Kier alpha value is -1.94. The van der Waals surface area contributed by atoms with Gasteiger partial charge in [0.25, 0.3) is 0 Å². The third-order valence-electron chi connectivity index (χ3n) is 20.1. The first-order valence-electron chi connectivity index (χ1n) is 43.5. The number of unbranched alkanes of at least 4 members (excludes halogenated alkanes) is 52. The fourth-order valence-corrected chi connectivity index (χ4v) is 14.6. The molecule has 0 amide bonds. The number of carbonyl (C=O) groups is 4. The van der Waals surface area contributed by atoms with Gasteiger partial charge < -0.3 is 33.8 Å². The Morgan fingerprint density at radius 2 is 0.495 bits per heavy atom. The molecular weight excluding hydrogens is 1340 g/mol. The highest BCUT2D eigenvalue weighted by Gasteiger charge is 2.30. The van der Waals surface area contributed by atoms with Crippen molar-refractivity contribution in [3.05, 3.63) is 0 Å². The molecular formula is C84H164O17P2. The number of hydrogen-bond donors (Lipinski definition) is 3. The molecule has 0 saturated carbocycles. The lowest BCUT2D eigenvalue weighted by molar-refractivity contribution is -0.161. The van der Waals surface area contributed by atoms with Crippen LogP contribution < -0.4 is 0 Å². The molecule has 0 aromatic rings. The van der Waals surface area contributed by atoms with E-state index in [4.69, 9.17) is 37.0 Å². The van der Waals surface area contributed by atoms with E-state index in [0.717, 1.165) is 108 Å². The summed E-state index contributed by atoms with van der Waals surface area (Å²) >= 11 is 0. The Bertz CT molecular complexity index is 1980. The second kappa shape index (κ2) is 75.5. The van der Waals surface area contributed by atoms with Gasteiger partial charge in [0.2, 0.25) is 0 Å². The van der Waals surface area contributed by atoms with E-state index < -0.39 is 97.5 Å². The van der Waals surface area contributed by atoms with Crippen molar-refractivity contribution < 1.29 is 80.2 Å². The zero-order chi connectivity index (χ0) is 75.6. The Kier molecular flexibility index (Phi) is 74.1. The number of aliphatic hydroxyl groups excluding tert-OH is 1. The summed E-state index contributed by atoms with van der Waals surface area (Å²) in [6.07, 6.45) is 66.6. The van der Waals surface area contributed by atoms with Crippen LogP contribution in [0.3, 0.4) is 0 Å². The van der Waals surface area contributed by atoms with E-state index in [1.165, 1.54) is 257 Å². The van der Waals surface area contributed by atoms with Crippen LogP contribution in [-0.2, 0) is 65.4 Å². The standard InChI is InChI=1S/C84H164O17P2/c1-7-10-12-14-16-18-19-20-21-27-34-39-44-50-56-62-68-83(88)100-79(72-94-81(86)66-60-54-48-17-15-13-11-8-2)74-98-102(90,91)96-70-78(85)71-97-103(92,93)99-75-80(73-95-82(87)67-61-55-49-43-38-33-30-29-32-37-42-47-53-59-65-77(6)9-3)101-84(89)69-63-57-51-45-40-35-28-25-23-22-24-26-31-36-41-46-52-58-64-76(4)5/h76-80,85H,7-75H2,1-6H3,(H,90,91)(H,92,93)/t77?,78-,79+,80+/m0/s1. The van der Waals surface area contributed by atoms with E-state index in [2.05, 4.69) is 41.5 Å². The molecule has 0 radical (unpaired) electrons. The van der Waals surface area contributed by atoms with Gasteiger partial charge in [-0.1, -0.05) is 395 Å². The minimum absolute atomic E-state index is 0.108. The molecule has 0 aliphatic rings. The Morgan fingerprint density at radius 3 is 0.738 bits per heavy atom. The fraction of sp³-hybridized carbons (Fsp3) is 0.952. The van der Waals surface area contributed by atoms with Crippen LogP contribution >= 0.6 is 15.6 Å². The first kappa shape index (κ1) is 101. The van der Waals surface area contributed by atoms with Crippen molar-refractivity contribution >= 4 is 39.5 Å². The lowest BCUT2D eigenvalue weighted by Gasteiger charge is -2.21. The van der Waals surface area contributed by atoms with Crippen molar-refractivity contribution in [3.8, 4) is 0 Å². The molecule has 19 heteroatoms. The predicted molar refractivity (Wildman–Crippen MR) is 423 cm³/mol. The molecule has 0 aromatic heterocycles. The topological polar surface area (TPSA) is 237 Å². The summed E-state index contributed by atoms with van der Waals surface area (Å²) in [5.41, 5.74) is 0. The van der Waals surface area contributed by atoms with E-state index in [-0.39, 0.29) is 25.7 Å². The minimum Gasteiger partial charge on any atom is -0.462 e. The number of carbonyl (C=O) groups excluding carboxylic acids is 4. The largest absolute Gasteiger partial charge is 0.472 e. The number of rotatable bonds is 83. The smallest absolute Gasteiger partial charge is 0.462 e. The van der Waals surface area contributed by atoms with Crippen molar-refractivity contribution in [2.45, 2.75) is 464 Å². The molecule has 0 aliphatic heterocycles. The molecule has 0 fully saturated rings. The summed E-state index contributed by atoms with van der Waals surface area (Å²) in [5, 5.41) is 10.7. The highest BCUT2D eigenvalue weighted by atomic mass is 31.2. The summed E-state index contributed by atoms with van der Waals surface area (Å²) in [6, 6.07) is 0. The zero-order valence-electron chi connectivity index (χ0n) is 67.6. The Labute approximate surface area is 632 Å². The molecule has 0 rings (SSSR count). The molecule has 3 unspecified atom stereocenters. The average Bonchev–Trinajstić information content (AvgIpc) is 0.922. The summed E-state index contributed by atoms with van der Waals surface area (Å²) in [5.74, 6) is -0.436. The van der Waals surface area contributed by atoms with Crippen LogP contribution in [0.4, 0.5) is 0 Å². The van der Waals surface area contributed by atoms with Gasteiger partial charge in [0.05, 0.1) is 26.4 Å². The van der Waals surface area contributed by atoms with Gasteiger partial charge in [-0.2, -0.15) is 0 Å². The molecule has 0 aromatic carbocycles. The maximum atomic E-state index is 13.1. The lowest BCUT2D eigenvalue weighted by atomic mass is 9.99. The van der Waals surface area contributed by atoms with E-state index in [9.17, 15) is 43.2 Å². The normalized spacial score (nSPS) is 14.1. The summed E-state index contributed by atoms with van der Waals surface area (Å²) in [4.78, 5) is 73.0. The number of hydrogen-bond acceptors (Lipinski definition) is 15. The monoisotopic (exact) mass is 1510 g/mol. The third-order valence-corrected chi connectivity index (χ3v) is 22.0. The Balaban J connectivity index is 5.19. The van der Waals surface area contributed by atoms with E-state index in [1.807, 2.05) is 0 Å². The van der Waals surface area contributed by atoms with E-state index in [0.29, 0.717) is 25.7 Å². The maximum absolute atomic E-state index is 13.1. The number of phosphoric ester groups is 2. The van der Waals surface area contributed by atoms with Crippen LogP contribution in [-0.4, -0.2) is 96.7 Å². The van der Waals surface area contributed by atoms with Crippen molar-refractivity contribution in [2.24, 2.45) is 11.8 Å². The van der Waals surface area contributed by atoms with Crippen molar-refractivity contribution in [3.63, 3.8) is 0 Å². The molecule has 0 heterocycles. The zero-order valence-corrected chi connectivity index (χ0v) is 69.4. The second-order valence-corrected chi connectivity index (χ2v) is 33.8. The molecule has 612 valence electrons. The lowest BCUT2D eigenvalue weighted by Crippen LogP contribution is -2.30. The van der Waals surface area contributed by atoms with Crippen molar-refractivity contribution in [1.82, 2.24) is 0 Å². The van der Waals surface area contributed by atoms with Crippen LogP contribution in [0.25, 0.3) is 0 Å². The highest BCUT2D eigenvalue weighted by Crippen LogP contribution is 2.45. The van der Waals surface area contributed by atoms with Gasteiger partial charge >= 0.3 is 39.5 Å². The van der Waals surface area contributed by atoms with Gasteiger partial charge in [-0.05, 0) is 37.5 Å². The van der Waals surface area contributed by atoms with Crippen LogP contribution in [0.15, 0.2) is 0 Å². The first-order chi connectivity index (χ1) is 49.9. The molecule has 17 nitrogen and oxygen atoms in total. The second-order valence-electron chi connectivity index (χ2n) is 30.9. The average molecular weight is 1510 g/mol. The Morgan fingerprint density at radius 1 is 0.282 bits per heavy atom. The SMILES string of the molecule is CCCCCCCCCCCCCCCCCCC(=O)O[C@H](COC(=O)CCCCCCCCCC)COP(=O)(O)OC[C@H](O)COP(=O)(O)OC[C@@H](COC(=O)CCCCCCCCCCCCCCCCC(C)CC)OC(=O)CCCCCCCCCCCCCCCCCCCCC(C)C. The van der Waals surface area contributed by atoms with Gasteiger partial charge in [0, 0.05) is 25.7 Å². The molecule has 0 aliphatic carbocycles. The molecule has 3 N–H and O–H groups in total. The van der Waals surface area contributed by atoms with Crippen molar-refractivity contribution in [2.75, 3.05) is 39.6 Å². The first-order valence-corrected chi connectivity index (χ1v) is 46.5. The third kappa shape index (κ3) is 76.6. The number of esters is 4. The maximum Gasteiger partial charge on any atom is 0.472 e. The molecule has 0 spiro atoms. The van der Waals surface area contributed by atoms with Gasteiger partial charge in [-0.3, -0.25) is 37.3 Å². The quantitative estimate of drug-likeness (QED) is 0.0222. The summed E-state index contributed by atoms with van der Waals surface area (Å²) < 4.78 is 68.8. The summed E-state index contributed by atoms with van der Waals surface area (Å²) in [7, 11) is -9.92. The van der Waals surface area contributed by atoms with Crippen LogP contribution in [0.2, 0.25) is 0 Å². The highest BCUT2D eigenvalue weighted by molar-refractivity contribution is 7.47. The van der Waals surface area contributed by atoms with Gasteiger partial charge in [-0.25, -0.2) is 9.13 Å². The molecule has 6 atom stereocenters. The van der Waals surface area contributed by atoms with E-state index >= 15 is 0 Å². The number of phosphoric acid groups is 2. The molecule has 0 saturated heterocycles. The molecule has 103 heavy (non-hydrogen) atoms. The summed E-state index contributed by atoms with van der Waals surface area (Å²) in [6.45, 7) is 9.73. The van der Waals surface area contributed by atoms with Crippen LogP contribution in [0, 0.1) is 11.8 Å². The number of ether oxygens (including phenoxy) is 4.